The van der Waals surface area contributed by atoms with E-state index in [0.717, 1.165) is 23.0 Å². The van der Waals surface area contributed by atoms with Crippen molar-refractivity contribution in [3.63, 3.8) is 0 Å². The normalized spacial score (nSPS) is 11.2. The molecule has 0 atom stereocenters. The summed E-state index contributed by atoms with van der Waals surface area (Å²) in [6.07, 6.45) is 0.896. The molecule has 0 fully saturated rings. The molecule has 0 aliphatic carbocycles. The molecule has 0 spiro atoms. The number of halogens is 2. The highest BCUT2D eigenvalue weighted by molar-refractivity contribution is 5.95. The highest BCUT2D eigenvalue weighted by atomic mass is 19.1. The lowest BCUT2D eigenvalue weighted by Gasteiger charge is -2.28. The molecule has 2 aromatic rings. The van der Waals surface area contributed by atoms with Gasteiger partial charge in [-0.05, 0) is 58.7 Å². The maximum absolute atomic E-state index is 13.4. The number of hydrogen-bond donors (Lipinski definition) is 0. The Hall–Kier alpha value is -2.29. The van der Waals surface area contributed by atoms with Crippen molar-refractivity contribution in [3.8, 4) is 0 Å². The van der Waals surface area contributed by atoms with Crippen LogP contribution in [-0.4, -0.2) is 6.29 Å². The van der Waals surface area contributed by atoms with Crippen molar-refractivity contribution in [2.24, 2.45) is 17.8 Å². The Morgan fingerprint density at radius 2 is 1.12 bits per heavy atom. The molecule has 0 heterocycles. The van der Waals surface area contributed by atoms with Crippen LogP contribution in [0.2, 0.25) is 0 Å². The summed E-state index contributed by atoms with van der Waals surface area (Å²) < 4.78 is 26.7. The molecule has 0 bridgehead atoms. The quantitative estimate of drug-likeness (QED) is 0.472. The third-order valence-corrected chi connectivity index (χ3v) is 4.48. The number of hydrogen-bond acceptors (Lipinski definition) is 1. The fourth-order valence-electron chi connectivity index (χ4n) is 3.53. The summed E-state index contributed by atoms with van der Waals surface area (Å²) in [4.78, 5) is 12.1. The van der Waals surface area contributed by atoms with Gasteiger partial charge in [-0.3, -0.25) is 4.79 Å². The van der Waals surface area contributed by atoms with Gasteiger partial charge in [-0.25, -0.2) is 8.78 Å². The van der Waals surface area contributed by atoms with Crippen LogP contribution in [0.15, 0.2) is 54.1 Å². The molecule has 2 rings (SSSR count). The fraction of sp³-hybridized carbons (Fsp3) is 0.318. The third kappa shape index (κ3) is 4.41. The first kappa shape index (κ1) is 19.0. The lowest BCUT2D eigenvalue weighted by Crippen LogP contribution is -2.20. The lowest BCUT2D eigenvalue weighted by molar-refractivity contribution is -0.105. The molecule has 1 nitrogen and oxygen atoms in total. The Labute approximate surface area is 148 Å². The maximum Gasteiger partial charge on any atom is 0.146 e. The molecule has 0 aliphatic heterocycles. The molecule has 0 radical (unpaired) electrons. The summed E-state index contributed by atoms with van der Waals surface area (Å²) in [6.45, 7) is 8.34. The smallest absolute Gasteiger partial charge is 0.146 e. The summed E-state index contributed by atoms with van der Waals surface area (Å²) >= 11 is 0. The molecular weight excluding hydrogens is 318 g/mol. The van der Waals surface area contributed by atoms with Gasteiger partial charge < -0.3 is 0 Å². The third-order valence-electron chi connectivity index (χ3n) is 4.48. The number of aldehydes is 1. The summed E-state index contributed by atoms with van der Waals surface area (Å²) in [5.41, 5.74) is 2.91. The second-order valence-electron chi connectivity index (χ2n) is 6.98. The SMILES string of the molecule is CC(C)C(C(C=O)=C(c1ccc(F)cc1)c1ccc(F)cc1)C(C)C. The average molecular weight is 342 g/mol. The molecule has 0 amide bonds. The highest BCUT2D eigenvalue weighted by Gasteiger charge is 2.26. The minimum atomic E-state index is -0.334. The molecule has 0 saturated carbocycles. The van der Waals surface area contributed by atoms with E-state index in [2.05, 4.69) is 27.7 Å². The zero-order valence-corrected chi connectivity index (χ0v) is 15.1. The van der Waals surface area contributed by atoms with Crippen LogP contribution in [-0.2, 0) is 4.79 Å². The van der Waals surface area contributed by atoms with E-state index in [1.165, 1.54) is 24.3 Å². The van der Waals surface area contributed by atoms with E-state index in [-0.39, 0.29) is 29.4 Å². The van der Waals surface area contributed by atoms with Gasteiger partial charge in [0.15, 0.2) is 0 Å². The average Bonchev–Trinajstić information content (AvgIpc) is 2.56. The van der Waals surface area contributed by atoms with Crippen LogP contribution in [0.4, 0.5) is 8.78 Å². The van der Waals surface area contributed by atoms with Gasteiger partial charge >= 0.3 is 0 Å². The summed E-state index contributed by atoms with van der Waals surface area (Å²) in [6, 6.07) is 12.2. The van der Waals surface area contributed by atoms with Crippen molar-refractivity contribution < 1.29 is 13.6 Å². The van der Waals surface area contributed by atoms with E-state index in [9.17, 15) is 13.6 Å². The van der Waals surface area contributed by atoms with Crippen LogP contribution in [0.3, 0.4) is 0 Å². The van der Waals surface area contributed by atoms with Gasteiger partial charge in [-0.15, -0.1) is 0 Å². The molecule has 0 aromatic heterocycles. The van der Waals surface area contributed by atoms with Crippen LogP contribution < -0.4 is 0 Å². The topological polar surface area (TPSA) is 17.1 Å². The first-order valence-electron chi connectivity index (χ1n) is 8.56. The molecule has 2 aromatic carbocycles. The number of benzene rings is 2. The molecule has 0 aliphatic rings. The van der Waals surface area contributed by atoms with Crippen LogP contribution in [0.1, 0.15) is 38.8 Å². The molecule has 0 saturated heterocycles. The number of rotatable bonds is 6. The minimum Gasteiger partial charge on any atom is -0.298 e. The molecule has 3 heteroatoms. The standard InChI is InChI=1S/C22H24F2O/c1-14(2)21(15(3)4)20(13-25)22(16-5-9-18(23)10-6-16)17-7-11-19(24)12-8-17/h5-15,21H,1-4H3. The van der Waals surface area contributed by atoms with Crippen LogP contribution in [0.5, 0.6) is 0 Å². The van der Waals surface area contributed by atoms with Gasteiger partial charge in [0.2, 0.25) is 0 Å². The first-order chi connectivity index (χ1) is 11.8. The largest absolute Gasteiger partial charge is 0.298 e. The van der Waals surface area contributed by atoms with Crippen molar-refractivity contribution in [2.45, 2.75) is 27.7 Å². The van der Waals surface area contributed by atoms with Crippen molar-refractivity contribution in [1.82, 2.24) is 0 Å². The zero-order valence-electron chi connectivity index (χ0n) is 15.1. The monoisotopic (exact) mass is 342 g/mol. The van der Waals surface area contributed by atoms with Crippen LogP contribution in [0.25, 0.3) is 5.57 Å². The Kier molecular flexibility index (Phi) is 6.24. The number of carbonyl (C=O) groups is 1. The van der Waals surface area contributed by atoms with E-state index in [1.807, 2.05) is 0 Å². The fourth-order valence-corrected chi connectivity index (χ4v) is 3.53. The van der Waals surface area contributed by atoms with Crippen LogP contribution in [0, 0.1) is 29.4 Å². The van der Waals surface area contributed by atoms with E-state index in [1.54, 1.807) is 24.3 Å². The van der Waals surface area contributed by atoms with Crippen LogP contribution >= 0.6 is 0 Å². The zero-order chi connectivity index (χ0) is 18.6. The molecular formula is C22H24F2O. The van der Waals surface area contributed by atoms with E-state index >= 15 is 0 Å². The van der Waals surface area contributed by atoms with Crippen molar-refractivity contribution in [3.05, 3.63) is 76.9 Å². The Morgan fingerprint density at radius 3 is 1.40 bits per heavy atom. The molecule has 0 N–H and O–H groups in total. The number of carbonyl (C=O) groups excluding carboxylic acids is 1. The Bertz CT molecular complexity index is 685. The Morgan fingerprint density at radius 1 is 0.760 bits per heavy atom. The van der Waals surface area contributed by atoms with Crippen molar-refractivity contribution >= 4 is 11.9 Å². The van der Waals surface area contributed by atoms with Gasteiger partial charge in [0, 0.05) is 5.57 Å². The Balaban J connectivity index is 2.76. The van der Waals surface area contributed by atoms with Gasteiger partial charge in [-0.2, -0.15) is 0 Å². The van der Waals surface area contributed by atoms with Gasteiger partial charge in [0.1, 0.15) is 17.9 Å². The molecule has 0 unspecified atom stereocenters. The van der Waals surface area contributed by atoms with Gasteiger partial charge in [0.25, 0.3) is 0 Å². The second kappa shape index (κ2) is 8.19. The van der Waals surface area contributed by atoms with E-state index in [0.29, 0.717) is 5.57 Å². The first-order valence-corrected chi connectivity index (χ1v) is 8.56. The van der Waals surface area contributed by atoms with Crippen molar-refractivity contribution in [2.75, 3.05) is 0 Å². The van der Waals surface area contributed by atoms with E-state index < -0.39 is 0 Å². The lowest BCUT2D eigenvalue weighted by atomic mass is 9.76. The predicted molar refractivity (Wildman–Crippen MR) is 98.1 cm³/mol. The molecule has 132 valence electrons. The molecule has 25 heavy (non-hydrogen) atoms. The van der Waals surface area contributed by atoms with E-state index in [4.69, 9.17) is 0 Å². The summed E-state index contributed by atoms with van der Waals surface area (Å²) in [5, 5.41) is 0. The minimum absolute atomic E-state index is 0.0441. The second-order valence-corrected chi connectivity index (χ2v) is 6.98. The van der Waals surface area contributed by atoms with Gasteiger partial charge in [0.05, 0.1) is 0 Å². The summed E-state index contributed by atoms with van der Waals surface area (Å²) in [7, 11) is 0. The summed E-state index contributed by atoms with van der Waals surface area (Å²) in [5.74, 6) is -0.104. The van der Waals surface area contributed by atoms with Crippen molar-refractivity contribution in [1.29, 1.82) is 0 Å². The predicted octanol–water partition coefficient (Wildman–Crippen LogP) is 5.89. The maximum atomic E-state index is 13.4. The van der Waals surface area contributed by atoms with Gasteiger partial charge in [-0.1, -0.05) is 52.0 Å². The number of allylic oxidation sites excluding steroid dienone is 1. The highest BCUT2D eigenvalue weighted by Crippen LogP contribution is 2.36.